The topological polar surface area (TPSA) is 125 Å². The second-order valence-corrected chi connectivity index (χ2v) is 11.0. The number of nitrogens with two attached hydrogens (primary N) is 1. The lowest BCUT2D eigenvalue weighted by atomic mass is 10.1. The SMILES string of the molecule is CCOC(=O)COc1ccc(CN(CCCn2c(CCOC)nc3c(N)nc4ccccc4c32)C(=O)CN2CCCC2)cc1. The molecule has 2 N–H and O–H groups in total. The van der Waals surface area contributed by atoms with E-state index in [1.807, 2.05) is 53.4 Å². The summed E-state index contributed by atoms with van der Waals surface area (Å²) >= 11 is 0. The quantitative estimate of drug-likeness (QED) is 0.202. The molecule has 0 atom stereocenters. The molecule has 44 heavy (non-hydrogen) atoms. The number of benzene rings is 2. The maximum absolute atomic E-state index is 13.6. The number of para-hydroxylation sites is 1. The summed E-state index contributed by atoms with van der Waals surface area (Å²) in [6.07, 6.45) is 3.63. The molecule has 0 aliphatic carbocycles. The van der Waals surface area contributed by atoms with Gasteiger partial charge in [0.05, 0.1) is 30.8 Å². The van der Waals surface area contributed by atoms with Gasteiger partial charge >= 0.3 is 5.97 Å². The van der Waals surface area contributed by atoms with Crippen molar-refractivity contribution in [2.75, 3.05) is 58.8 Å². The van der Waals surface area contributed by atoms with Gasteiger partial charge in [-0.3, -0.25) is 9.69 Å². The lowest BCUT2D eigenvalue weighted by molar-refractivity contribution is -0.145. The van der Waals surface area contributed by atoms with Gasteiger partial charge in [0.2, 0.25) is 5.91 Å². The highest BCUT2D eigenvalue weighted by atomic mass is 16.6. The fraction of sp³-hybridized carbons (Fsp3) is 0.455. The first-order valence-corrected chi connectivity index (χ1v) is 15.4. The number of nitrogen functional groups attached to an aromatic ring is 1. The van der Waals surface area contributed by atoms with E-state index in [-0.39, 0.29) is 12.5 Å². The number of aromatic nitrogens is 3. The number of ether oxygens (including phenoxy) is 3. The van der Waals surface area contributed by atoms with Crippen molar-refractivity contribution in [2.24, 2.45) is 0 Å². The highest BCUT2D eigenvalue weighted by Crippen LogP contribution is 2.29. The van der Waals surface area contributed by atoms with E-state index in [1.165, 1.54) is 0 Å². The van der Waals surface area contributed by atoms with E-state index in [0.29, 0.717) is 62.9 Å². The number of carbonyl (C=O) groups is 2. The Balaban J connectivity index is 1.33. The molecule has 1 saturated heterocycles. The molecule has 1 amide bonds. The molecule has 0 unspecified atom stereocenters. The molecule has 2 aromatic carbocycles. The Bertz CT molecular complexity index is 1560. The number of likely N-dealkylation sites (tertiary alicyclic amines) is 1. The molecule has 0 spiro atoms. The van der Waals surface area contributed by atoms with Gasteiger partial charge in [-0.15, -0.1) is 0 Å². The van der Waals surface area contributed by atoms with Crippen LogP contribution in [0.3, 0.4) is 0 Å². The Labute approximate surface area is 257 Å². The summed E-state index contributed by atoms with van der Waals surface area (Å²) < 4.78 is 18.1. The van der Waals surface area contributed by atoms with Crippen molar-refractivity contribution in [1.82, 2.24) is 24.3 Å². The molecule has 0 bridgehead atoms. The summed E-state index contributed by atoms with van der Waals surface area (Å²) in [5.74, 6) is 1.59. The zero-order chi connectivity index (χ0) is 30.9. The number of hydrogen-bond donors (Lipinski definition) is 1. The van der Waals surface area contributed by atoms with E-state index >= 15 is 0 Å². The van der Waals surface area contributed by atoms with Crippen LogP contribution in [0, 0.1) is 0 Å². The van der Waals surface area contributed by atoms with Crippen LogP contribution < -0.4 is 10.5 Å². The molecule has 1 aliphatic heterocycles. The number of hydrogen-bond acceptors (Lipinski definition) is 9. The van der Waals surface area contributed by atoms with E-state index in [9.17, 15) is 9.59 Å². The van der Waals surface area contributed by atoms with Crippen LogP contribution in [0.2, 0.25) is 0 Å². The minimum absolute atomic E-state index is 0.114. The Morgan fingerprint density at radius 1 is 1.05 bits per heavy atom. The van der Waals surface area contributed by atoms with Crippen LogP contribution >= 0.6 is 0 Å². The van der Waals surface area contributed by atoms with Gasteiger partial charge in [-0.05, 0) is 63.0 Å². The molecule has 11 nitrogen and oxygen atoms in total. The van der Waals surface area contributed by atoms with Crippen molar-refractivity contribution >= 4 is 39.6 Å². The Kier molecular flexibility index (Phi) is 10.6. The molecule has 4 aromatic rings. The van der Waals surface area contributed by atoms with E-state index in [1.54, 1.807) is 14.0 Å². The van der Waals surface area contributed by atoms with Crippen LogP contribution in [0.15, 0.2) is 48.5 Å². The van der Waals surface area contributed by atoms with Gasteiger partial charge in [-0.1, -0.05) is 30.3 Å². The molecule has 2 aromatic heterocycles. The lowest BCUT2D eigenvalue weighted by Crippen LogP contribution is -2.39. The third-order valence-electron chi connectivity index (χ3n) is 7.90. The Morgan fingerprint density at radius 3 is 2.57 bits per heavy atom. The minimum Gasteiger partial charge on any atom is -0.482 e. The number of aryl methyl sites for hydroxylation is 1. The molecule has 0 saturated carbocycles. The number of methoxy groups -OCH3 is 1. The minimum atomic E-state index is -0.404. The van der Waals surface area contributed by atoms with Gasteiger partial charge in [0.15, 0.2) is 12.4 Å². The largest absolute Gasteiger partial charge is 0.482 e. The first-order chi connectivity index (χ1) is 21.5. The molecular weight excluding hydrogens is 560 g/mol. The molecule has 1 fully saturated rings. The lowest BCUT2D eigenvalue weighted by Gasteiger charge is -2.26. The second-order valence-electron chi connectivity index (χ2n) is 11.0. The van der Waals surface area contributed by atoms with E-state index in [0.717, 1.165) is 60.2 Å². The van der Waals surface area contributed by atoms with Crippen LogP contribution in [0.25, 0.3) is 21.9 Å². The Hall–Kier alpha value is -4.22. The molecule has 0 radical (unpaired) electrons. The highest BCUT2D eigenvalue weighted by molar-refractivity contribution is 6.06. The number of pyridine rings is 1. The molecule has 234 valence electrons. The standard InChI is InChI=1S/C33H42N6O5/c1-3-43-30(41)23-44-25-13-11-24(12-14-25)21-38(29(40)22-37-16-6-7-17-37)18-8-19-39-28(15-20-42-2)36-31-32(39)26-9-4-5-10-27(26)35-33(31)34/h4-5,9-14H,3,6-8,15-23H2,1-2H3,(H2,34,35). The molecular formula is C33H42N6O5. The van der Waals surface area contributed by atoms with Crippen LogP contribution in [0.1, 0.15) is 37.6 Å². The maximum atomic E-state index is 13.6. The van der Waals surface area contributed by atoms with Gasteiger partial charge in [0.25, 0.3) is 0 Å². The van der Waals surface area contributed by atoms with Crippen molar-refractivity contribution in [3.05, 3.63) is 59.9 Å². The second kappa shape index (κ2) is 15.0. The number of rotatable bonds is 15. The highest BCUT2D eigenvalue weighted by Gasteiger charge is 2.22. The normalized spacial score (nSPS) is 13.5. The average Bonchev–Trinajstić information content (AvgIpc) is 3.67. The fourth-order valence-electron chi connectivity index (χ4n) is 5.73. The van der Waals surface area contributed by atoms with Gasteiger partial charge in [0.1, 0.15) is 17.1 Å². The third kappa shape index (κ3) is 7.64. The Morgan fingerprint density at radius 2 is 1.82 bits per heavy atom. The first kappa shape index (κ1) is 31.2. The number of imidazole rings is 1. The number of carbonyl (C=O) groups excluding carboxylic acids is 2. The summed E-state index contributed by atoms with van der Waals surface area (Å²) in [5, 5.41) is 1.00. The molecule has 11 heteroatoms. The summed E-state index contributed by atoms with van der Waals surface area (Å²) in [4.78, 5) is 38.9. The zero-order valence-corrected chi connectivity index (χ0v) is 25.7. The van der Waals surface area contributed by atoms with Gasteiger partial charge in [-0.2, -0.15) is 0 Å². The monoisotopic (exact) mass is 602 g/mol. The predicted molar refractivity (Wildman–Crippen MR) is 169 cm³/mol. The van der Waals surface area contributed by atoms with Gasteiger partial charge in [0, 0.05) is 38.6 Å². The van der Waals surface area contributed by atoms with Crippen molar-refractivity contribution in [2.45, 2.75) is 45.7 Å². The zero-order valence-electron chi connectivity index (χ0n) is 25.7. The smallest absolute Gasteiger partial charge is 0.344 e. The van der Waals surface area contributed by atoms with Crippen molar-refractivity contribution in [3.63, 3.8) is 0 Å². The molecule has 5 rings (SSSR count). The average molecular weight is 603 g/mol. The van der Waals surface area contributed by atoms with E-state index < -0.39 is 5.97 Å². The first-order valence-electron chi connectivity index (χ1n) is 15.4. The van der Waals surface area contributed by atoms with E-state index in [4.69, 9.17) is 24.9 Å². The van der Waals surface area contributed by atoms with Crippen LogP contribution in [0.5, 0.6) is 5.75 Å². The maximum Gasteiger partial charge on any atom is 0.344 e. The number of esters is 1. The van der Waals surface area contributed by atoms with Crippen molar-refractivity contribution < 1.29 is 23.8 Å². The summed E-state index contributed by atoms with van der Waals surface area (Å²) in [5.41, 5.74) is 9.84. The summed E-state index contributed by atoms with van der Waals surface area (Å²) in [7, 11) is 1.68. The van der Waals surface area contributed by atoms with Crippen LogP contribution in [-0.4, -0.2) is 89.3 Å². The fourth-order valence-corrected chi connectivity index (χ4v) is 5.73. The van der Waals surface area contributed by atoms with Crippen molar-refractivity contribution in [3.8, 4) is 5.75 Å². The number of amides is 1. The summed E-state index contributed by atoms with van der Waals surface area (Å²) in [6.45, 7) is 6.53. The van der Waals surface area contributed by atoms with Crippen LogP contribution in [-0.2, 0) is 38.6 Å². The van der Waals surface area contributed by atoms with Gasteiger partial charge in [-0.25, -0.2) is 14.8 Å². The predicted octanol–water partition coefficient (Wildman–Crippen LogP) is 3.81. The number of fused-ring (bicyclic) bond motifs is 3. The van der Waals surface area contributed by atoms with Crippen LogP contribution in [0.4, 0.5) is 5.82 Å². The molecule has 3 heterocycles. The summed E-state index contributed by atoms with van der Waals surface area (Å²) in [6, 6.07) is 15.5. The van der Waals surface area contributed by atoms with E-state index in [2.05, 4.69) is 14.5 Å². The van der Waals surface area contributed by atoms with Gasteiger partial charge < -0.3 is 29.4 Å². The number of nitrogens with zero attached hydrogens (tertiary/aromatic N) is 5. The molecule has 1 aliphatic rings. The third-order valence-corrected chi connectivity index (χ3v) is 7.90. The number of anilines is 1. The van der Waals surface area contributed by atoms with Crippen molar-refractivity contribution in [1.29, 1.82) is 0 Å².